The highest BCUT2D eigenvalue weighted by Gasteiger charge is 2.53. The second-order valence-corrected chi connectivity index (χ2v) is 18.5. The lowest BCUT2D eigenvalue weighted by Crippen LogP contribution is -2.61. The van der Waals surface area contributed by atoms with Gasteiger partial charge in [-0.2, -0.15) is 0 Å². The van der Waals surface area contributed by atoms with Crippen LogP contribution >= 0.6 is 0 Å². The van der Waals surface area contributed by atoms with Crippen molar-refractivity contribution in [2.75, 3.05) is 0 Å². The van der Waals surface area contributed by atoms with E-state index >= 15 is 0 Å². The zero-order valence-electron chi connectivity index (χ0n) is 33.0. The van der Waals surface area contributed by atoms with Crippen molar-refractivity contribution >= 4 is 35.4 Å². The van der Waals surface area contributed by atoms with Gasteiger partial charge in [0.2, 0.25) is 11.8 Å². The van der Waals surface area contributed by atoms with E-state index < -0.39 is 63.8 Å². The molecule has 2 fully saturated rings. The van der Waals surface area contributed by atoms with Crippen LogP contribution in [0.5, 0.6) is 0 Å². The van der Waals surface area contributed by atoms with Crippen LogP contribution in [0.1, 0.15) is 147 Å². The Balaban J connectivity index is 2.46. The number of Topliss-reactive ketones (excluding diaryl/α,β-unsaturated/α-hetero) is 2. The number of aliphatic carboxylic acids is 1. The van der Waals surface area contributed by atoms with E-state index in [1.807, 2.05) is 48.5 Å². The molecule has 3 unspecified atom stereocenters. The summed E-state index contributed by atoms with van der Waals surface area (Å²) in [5.41, 5.74) is -3.40. The molecular formula is C39H68N4O7. The van der Waals surface area contributed by atoms with Crippen molar-refractivity contribution < 1.29 is 33.9 Å². The van der Waals surface area contributed by atoms with Crippen LogP contribution in [-0.2, 0) is 24.0 Å². The van der Waals surface area contributed by atoms with Crippen molar-refractivity contribution in [1.82, 2.24) is 21.3 Å². The van der Waals surface area contributed by atoms with Gasteiger partial charge in [0.25, 0.3) is 0 Å². The molecule has 0 heterocycles. The molecule has 5 N–H and O–H groups in total. The van der Waals surface area contributed by atoms with Gasteiger partial charge in [0, 0.05) is 30.3 Å². The molecule has 11 nitrogen and oxygen atoms in total. The van der Waals surface area contributed by atoms with E-state index in [9.17, 15) is 33.9 Å². The third-order valence-electron chi connectivity index (χ3n) is 11.2. The Morgan fingerprint density at radius 2 is 1.28 bits per heavy atom. The summed E-state index contributed by atoms with van der Waals surface area (Å²) in [6.07, 6.45) is 4.66. The van der Waals surface area contributed by atoms with E-state index in [4.69, 9.17) is 0 Å². The molecule has 0 aromatic heterocycles. The quantitative estimate of drug-likeness (QED) is 0.144. The number of carbonyl (C=O) groups is 6. The first-order valence-electron chi connectivity index (χ1n) is 18.8. The summed E-state index contributed by atoms with van der Waals surface area (Å²) in [5, 5.41) is 22.2. The van der Waals surface area contributed by atoms with Gasteiger partial charge in [0.1, 0.15) is 11.8 Å². The lowest BCUT2D eigenvalue weighted by atomic mass is 9.76. The Morgan fingerprint density at radius 3 is 1.72 bits per heavy atom. The molecule has 0 bridgehead atoms. The van der Waals surface area contributed by atoms with Crippen molar-refractivity contribution in [3.8, 4) is 0 Å². The first-order chi connectivity index (χ1) is 22.8. The molecule has 0 saturated heterocycles. The normalized spacial score (nSPS) is 23.5. The molecule has 2 aliphatic carbocycles. The lowest BCUT2D eigenvalue weighted by molar-refractivity contribution is -0.155. The Morgan fingerprint density at radius 1 is 0.740 bits per heavy atom. The summed E-state index contributed by atoms with van der Waals surface area (Å²) in [7, 11) is 0. The van der Waals surface area contributed by atoms with E-state index in [1.54, 1.807) is 20.8 Å². The van der Waals surface area contributed by atoms with Gasteiger partial charge in [-0.1, -0.05) is 102 Å². The van der Waals surface area contributed by atoms with Gasteiger partial charge < -0.3 is 26.4 Å². The van der Waals surface area contributed by atoms with Crippen molar-refractivity contribution in [3.05, 3.63) is 0 Å². The minimum Gasteiger partial charge on any atom is -0.481 e. The summed E-state index contributed by atoms with van der Waals surface area (Å²) in [6.45, 7) is 22.8. The van der Waals surface area contributed by atoms with Crippen LogP contribution in [-0.4, -0.2) is 64.7 Å². The summed E-state index contributed by atoms with van der Waals surface area (Å²) in [4.78, 5) is 82.0. The molecule has 0 aromatic carbocycles. The molecular weight excluding hydrogens is 636 g/mol. The number of urea groups is 1. The largest absolute Gasteiger partial charge is 0.481 e. The number of ketones is 2. The smallest absolute Gasteiger partial charge is 0.315 e. The fourth-order valence-corrected chi connectivity index (χ4v) is 7.75. The minimum absolute atomic E-state index is 0.0341. The summed E-state index contributed by atoms with van der Waals surface area (Å²) in [5.74, 6) is -3.76. The number of hydrogen-bond donors (Lipinski definition) is 5. The molecule has 11 heteroatoms. The molecule has 50 heavy (non-hydrogen) atoms. The van der Waals surface area contributed by atoms with Crippen molar-refractivity contribution in [2.45, 2.75) is 171 Å². The number of hydrogen-bond acceptors (Lipinski definition) is 6. The molecule has 0 aliphatic heterocycles. The Hall–Kier alpha value is -2.98. The molecule has 4 amide bonds. The second kappa shape index (κ2) is 17.0. The average molecular weight is 705 g/mol. The zero-order chi connectivity index (χ0) is 38.4. The third kappa shape index (κ3) is 11.3. The van der Waals surface area contributed by atoms with Gasteiger partial charge in [-0.25, -0.2) is 4.79 Å². The van der Waals surface area contributed by atoms with Crippen LogP contribution in [0.2, 0.25) is 0 Å². The number of carboxylic acids is 1. The fourth-order valence-electron chi connectivity index (χ4n) is 7.75. The second-order valence-electron chi connectivity index (χ2n) is 18.5. The highest BCUT2D eigenvalue weighted by molar-refractivity contribution is 5.98. The van der Waals surface area contributed by atoms with E-state index in [0.29, 0.717) is 31.1 Å². The van der Waals surface area contributed by atoms with Crippen molar-refractivity contribution in [3.63, 3.8) is 0 Å². The van der Waals surface area contributed by atoms with Gasteiger partial charge in [0.15, 0.2) is 5.78 Å². The SMILES string of the molecule is CC[C@@H](NC(=O)C(NC(=O)[C@@H](CC(=O)C(NC(=O)NC1[C@H](C)CCC[C@@H]1C)C(C)(C)C)CC(=O)C(C)(C)C)C1(C(=O)O)CCCC1)C(C)(C)C. The van der Waals surface area contributed by atoms with Crippen LogP contribution in [0.15, 0.2) is 0 Å². The molecule has 0 aromatic rings. The van der Waals surface area contributed by atoms with Gasteiger partial charge in [-0.3, -0.25) is 24.0 Å². The number of carboxylic acid groups (broad SMARTS) is 1. The van der Waals surface area contributed by atoms with E-state index in [2.05, 4.69) is 35.1 Å². The molecule has 2 aliphatic rings. The molecule has 2 saturated carbocycles. The van der Waals surface area contributed by atoms with Crippen LogP contribution in [0.4, 0.5) is 4.79 Å². The Bertz CT molecular complexity index is 1230. The van der Waals surface area contributed by atoms with Crippen LogP contribution in [0.25, 0.3) is 0 Å². The van der Waals surface area contributed by atoms with Crippen LogP contribution in [0, 0.1) is 39.4 Å². The monoisotopic (exact) mass is 705 g/mol. The summed E-state index contributed by atoms with van der Waals surface area (Å²) < 4.78 is 0. The minimum atomic E-state index is -1.53. The number of nitrogens with one attached hydrogen (secondary N) is 4. The lowest BCUT2D eigenvalue weighted by Gasteiger charge is -2.38. The maximum absolute atomic E-state index is 14.3. The molecule has 0 spiro atoms. The zero-order valence-corrected chi connectivity index (χ0v) is 33.0. The van der Waals surface area contributed by atoms with E-state index in [0.717, 1.165) is 19.3 Å². The average Bonchev–Trinajstić information content (AvgIpc) is 3.48. The van der Waals surface area contributed by atoms with E-state index in [-0.39, 0.29) is 49.0 Å². The third-order valence-corrected chi connectivity index (χ3v) is 11.2. The maximum atomic E-state index is 14.3. The number of rotatable bonds is 14. The summed E-state index contributed by atoms with van der Waals surface area (Å²) >= 11 is 0. The highest BCUT2D eigenvalue weighted by Crippen LogP contribution is 2.42. The van der Waals surface area contributed by atoms with Gasteiger partial charge >= 0.3 is 12.0 Å². The summed E-state index contributed by atoms with van der Waals surface area (Å²) in [6, 6.07) is -3.16. The van der Waals surface area contributed by atoms with Crippen molar-refractivity contribution in [2.24, 2.45) is 39.4 Å². The molecule has 7 atom stereocenters. The predicted octanol–water partition coefficient (Wildman–Crippen LogP) is 6.18. The van der Waals surface area contributed by atoms with Gasteiger partial charge in [0.05, 0.1) is 17.4 Å². The first kappa shape index (κ1) is 43.2. The maximum Gasteiger partial charge on any atom is 0.315 e. The van der Waals surface area contributed by atoms with Gasteiger partial charge in [-0.05, 0) is 54.8 Å². The Labute approximate surface area is 301 Å². The molecule has 286 valence electrons. The van der Waals surface area contributed by atoms with Gasteiger partial charge in [-0.15, -0.1) is 0 Å². The topological polar surface area (TPSA) is 171 Å². The highest BCUT2D eigenvalue weighted by atomic mass is 16.4. The fraction of sp³-hybridized carbons (Fsp3) is 0.846. The Kier molecular flexibility index (Phi) is 14.7. The van der Waals surface area contributed by atoms with Crippen LogP contribution in [0.3, 0.4) is 0 Å². The standard InChI is InChI=1S/C39H68N4O7/c1-13-27(36(4,5)6)40-33(47)31(39(34(48)49)19-14-15-20-39)42-32(46)25(22-28(45)37(7,8)9)21-26(44)30(38(10,11)12)43-35(50)41-29-23(2)17-16-18-24(29)3/h23-25,27,29-31H,13-22H2,1-12H3,(H,40,47)(H,42,46)(H,48,49)(H2,41,43,50)/t23-,24+,25-,27+,29?,30?,31?/m0/s1. The number of carbonyl (C=O) groups excluding carboxylic acids is 5. The molecule has 0 radical (unpaired) electrons. The predicted molar refractivity (Wildman–Crippen MR) is 195 cm³/mol. The van der Waals surface area contributed by atoms with Crippen LogP contribution < -0.4 is 21.3 Å². The first-order valence-corrected chi connectivity index (χ1v) is 18.8. The van der Waals surface area contributed by atoms with E-state index in [1.165, 1.54) is 0 Å². The number of amides is 4. The van der Waals surface area contributed by atoms with Crippen molar-refractivity contribution in [1.29, 1.82) is 0 Å². The molecule has 2 rings (SSSR count).